The molecule has 0 saturated carbocycles. The van der Waals surface area contributed by atoms with Crippen LogP contribution in [0.25, 0.3) is 0 Å². The number of benzene rings is 3. The number of aryl methyl sites for hydroxylation is 1. The fraction of sp³-hybridized carbons (Fsp3) is 0.463. The van der Waals surface area contributed by atoms with Crippen molar-refractivity contribution in [3.63, 3.8) is 0 Å². The van der Waals surface area contributed by atoms with E-state index >= 15 is 0 Å². The standard InChI is InChI=1S/C54H69N3O10S2/c1-53(2)45(43(14-12-30-56(5,6)7)44-24-22-41(34-46(44)53)68(11,62)63)25-18-37-32-39(52(60)61)33-38(51(37)67-40-20-15-36(16-21-40)17-28-50(58)59)19-27-49-54(3,4)47-35-42(69(64,65)66)23-26-48(47)55(49)29-13-31-57(8,9)10/h15-16,18-27,34-35,39,43H,12-14,17,28-33H2,1-11H3/p+2/b27-19+,37-18+,45-25-. The van der Waals surface area contributed by atoms with Gasteiger partial charge < -0.3 is 28.5 Å². The maximum Gasteiger partial charge on any atom is 0.307 e. The second-order valence-corrected chi connectivity index (χ2v) is 25.5. The zero-order valence-electron chi connectivity index (χ0n) is 42.1. The lowest BCUT2D eigenvalue weighted by Crippen LogP contribution is -2.36. The Morgan fingerprint density at radius 3 is 2.01 bits per heavy atom. The van der Waals surface area contributed by atoms with Gasteiger partial charge in [0.15, 0.2) is 22.1 Å². The number of nitrogens with zero attached hydrogens (tertiary/aromatic N) is 3. The fourth-order valence-corrected chi connectivity index (χ4v) is 11.2. The highest BCUT2D eigenvalue weighted by Crippen LogP contribution is 2.53. The number of carboxylic acids is 2. The molecule has 1 aliphatic heterocycles. The highest BCUT2D eigenvalue weighted by Gasteiger charge is 2.45. The number of hydrogen-bond acceptors (Lipinski definition) is 8. The number of carboxylic acid groups (broad SMARTS) is 2. The Morgan fingerprint density at radius 1 is 0.797 bits per heavy atom. The van der Waals surface area contributed by atoms with Gasteiger partial charge in [-0.3, -0.25) is 9.59 Å². The van der Waals surface area contributed by atoms with Gasteiger partial charge in [0.2, 0.25) is 5.69 Å². The van der Waals surface area contributed by atoms with Crippen molar-refractivity contribution in [2.75, 3.05) is 68.2 Å². The first-order valence-electron chi connectivity index (χ1n) is 23.6. The maximum atomic E-state index is 13.1. The van der Waals surface area contributed by atoms with Crippen LogP contribution in [0.5, 0.6) is 5.75 Å². The van der Waals surface area contributed by atoms with Crippen LogP contribution in [-0.4, -0.2) is 131 Å². The van der Waals surface area contributed by atoms with Crippen LogP contribution in [0.3, 0.4) is 0 Å². The van der Waals surface area contributed by atoms with Gasteiger partial charge in [-0.2, -0.15) is 4.58 Å². The van der Waals surface area contributed by atoms with Crippen LogP contribution in [0.1, 0.15) is 94.4 Å². The molecule has 15 heteroatoms. The molecule has 2 unspecified atom stereocenters. The van der Waals surface area contributed by atoms with Gasteiger partial charge in [-0.05, 0) is 116 Å². The van der Waals surface area contributed by atoms with Gasteiger partial charge in [0.05, 0.1) is 82.9 Å². The minimum absolute atomic E-state index is 0.0239. The molecular formula is C54H71N3O10S2+2. The third-order valence-electron chi connectivity index (χ3n) is 13.8. The van der Waals surface area contributed by atoms with E-state index in [4.69, 9.17) is 4.74 Å². The Labute approximate surface area is 409 Å². The number of fused-ring (bicyclic) bond motifs is 2. The fourth-order valence-electron chi connectivity index (χ4n) is 10.1. The van der Waals surface area contributed by atoms with Crippen LogP contribution >= 0.6 is 0 Å². The van der Waals surface area contributed by atoms with Gasteiger partial charge in [0.25, 0.3) is 0 Å². The van der Waals surface area contributed by atoms with E-state index in [1.54, 1.807) is 30.3 Å². The highest BCUT2D eigenvalue weighted by atomic mass is 32.2. The van der Waals surface area contributed by atoms with Crippen molar-refractivity contribution < 1.29 is 59.5 Å². The lowest BCUT2D eigenvalue weighted by molar-refractivity contribution is -0.871. The molecule has 0 amide bonds. The van der Waals surface area contributed by atoms with E-state index in [0.29, 0.717) is 41.2 Å². The van der Waals surface area contributed by atoms with Crippen molar-refractivity contribution >= 4 is 43.3 Å². The van der Waals surface area contributed by atoms with Crippen molar-refractivity contribution in [2.45, 2.75) is 99.2 Å². The van der Waals surface area contributed by atoms with Crippen LogP contribution < -0.4 is 4.74 Å². The maximum absolute atomic E-state index is 13.1. The SMILES string of the molecule is CC1(C)C(/C=C/C2=C(Oc3ccc(CCC(=O)O)cc3)C(=C/C=C3/C(CCC[N+](C)(C)C)c4ccc(S(C)(=O)=O)cc4C3(C)C)/CC(C(=O)O)C2)=[N+](CCC[N+](C)(C)C)c2ccc(S(=O)(=O)[O-])cc21. The molecule has 3 aromatic rings. The van der Waals surface area contributed by atoms with E-state index in [-0.39, 0.29) is 35.0 Å². The van der Waals surface area contributed by atoms with Gasteiger partial charge in [0, 0.05) is 41.7 Å². The number of aliphatic carboxylic acids is 2. The molecule has 0 spiro atoms. The lowest BCUT2D eigenvalue weighted by Gasteiger charge is -2.28. The van der Waals surface area contributed by atoms with E-state index < -0.39 is 48.6 Å². The molecule has 1 heterocycles. The molecule has 3 aromatic carbocycles. The van der Waals surface area contributed by atoms with E-state index in [1.165, 1.54) is 18.4 Å². The Morgan fingerprint density at radius 2 is 1.42 bits per heavy atom. The number of quaternary nitrogens is 2. The van der Waals surface area contributed by atoms with Crippen LogP contribution in [0.4, 0.5) is 5.69 Å². The summed E-state index contributed by atoms with van der Waals surface area (Å²) in [5, 5.41) is 20.0. The van der Waals surface area contributed by atoms with Crippen LogP contribution in [0.2, 0.25) is 0 Å². The first-order valence-corrected chi connectivity index (χ1v) is 26.9. The van der Waals surface area contributed by atoms with E-state index in [2.05, 4.69) is 66.8 Å². The average Bonchev–Trinajstić information content (AvgIpc) is 3.57. The summed E-state index contributed by atoms with van der Waals surface area (Å²) in [7, 11) is 4.60. The van der Waals surface area contributed by atoms with Crippen LogP contribution in [-0.2, 0) is 46.8 Å². The molecule has 69 heavy (non-hydrogen) atoms. The lowest BCUT2D eigenvalue weighted by atomic mass is 9.78. The molecule has 0 saturated heterocycles. The molecule has 0 fully saturated rings. The summed E-state index contributed by atoms with van der Waals surface area (Å²) in [6.45, 7) is 10.6. The molecule has 2 atom stereocenters. The summed E-state index contributed by atoms with van der Waals surface area (Å²) in [4.78, 5) is 24.4. The van der Waals surface area contributed by atoms with Crippen LogP contribution in [0.15, 0.2) is 117 Å². The van der Waals surface area contributed by atoms with Crippen LogP contribution in [0, 0.1) is 5.92 Å². The Hall–Kier alpha value is -5.19. The molecule has 0 bridgehead atoms. The van der Waals surface area contributed by atoms with Gasteiger partial charge >= 0.3 is 11.9 Å². The minimum Gasteiger partial charge on any atom is -0.744 e. The average molecular weight is 986 g/mol. The first kappa shape index (κ1) is 53.2. The van der Waals surface area contributed by atoms with Crippen molar-refractivity contribution in [1.82, 2.24) is 0 Å². The summed E-state index contributed by atoms with van der Waals surface area (Å²) >= 11 is 0. The summed E-state index contributed by atoms with van der Waals surface area (Å²) < 4.78 is 73.0. The number of allylic oxidation sites excluding steroid dienone is 7. The molecule has 2 aliphatic carbocycles. The molecule has 0 radical (unpaired) electrons. The Balaban J connectivity index is 1.54. The van der Waals surface area contributed by atoms with Crippen molar-refractivity contribution in [3.05, 3.63) is 130 Å². The third-order valence-corrected chi connectivity index (χ3v) is 15.8. The van der Waals surface area contributed by atoms with Crippen molar-refractivity contribution in [1.29, 1.82) is 0 Å². The molecule has 13 nitrogen and oxygen atoms in total. The zero-order chi connectivity index (χ0) is 51.1. The van der Waals surface area contributed by atoms with Gasteiger partial charge in [-0.15, -0.1) is 0 Å². The quantitative estimate of drug-likeness (QED) is 0.0675. The molecule has 372 valence electrons. The van der Waals surface area contributed by atoms with Crippen molar-refractivity contribution in [2.24, 2.45) is 5.92 Å². The van der Waals surface area contributed by atoms with Gasteiger partial charge in [-0.25, -0.2) is 16.8 Å². The van der Waals surface area contributed by atoms with Gasteiger partial charge in [0.1, 0.15) is 21.6 Å². The first-order chi connectivity index (χ1) is 31.9. The van der Waals surface area contributed by atoms with E-state index in [9.17, 15) is 41.2 Å². The number of sulfone groups is 1. The highest BCUT2D eigenvalue weighted by molar-refractivity contribution is 7.90. The second-order valence-electron chi connectivity index (χ2n) is 22.1. The summed E-state index contributed by atoms with van der Waals surface area (Å²) in [5.41, 5.74) is 6.21. The Bertz CT molecular complexity index is 2890. The summed E-state index contributed by atoms with van der Waals surface area (Å²) in [6.07, 6.45) is 12.3. The zero-order valence-corrected chi connectivity index (χ0v) is 43.8. The third kappa shape index (κ3) is 12.6. The second kappa shape index (κ2) is 19.9. The normalized spacial score (nSPS) is 20.5. The van der Waals surface area contributed by atoms with Gasteiger partial charge in [-0.1, -0.05) is 49.8 Å². The van der Waals surface area contributed by atoms with Crippen molar-refractivity contribution in [3.8, 4) is 5.75 Å². The number of carbonyl (C=O) groups is 2. The largest absolute Gasteiger partial charge is 0.744 e. The molecule has 0 aromatic heterocycles. The molecule has 6 rings (SSSR count). The summed E-state index contributed by atoms with van der Waals surface area (Å²) in [5.74, 6) is -1.73. The van der Waals surface area contributed by atoms with E-state index in [0.717, 1.165) is 75.0 Å². The molecular weight excluding hydrogens is 915 g/mol. The number of hydrogen-bond donors (Lipinski definition) is 2. The monoisotopic (exact) mass is 985 g/mol. The molecule has 2 N–H and O–H groups in total. The molecule has 3 aliphatic rings. The predicted molar refractivity (Wildman–Crippen MR) is 268 cm³/mol. The van der Waals surface area contributed by atoms with E-state index in [1.807, 2.05) is 50.3 Å². The Kier molecular flexibility index (Phi) is 15.3. The number of ether oxygens (including phenoxy) is 1. The predicted octanol–water partition coefficient (Wildman–Crippen LogP) is 8.28. The number of rotatable bonds is 19. The minimum atomic E-state index is -4.74. The smallest absolute Gasteiger partial charge is 0.307 e. The topological polar surface area (TPSA) is 178 Å². The summed E-state index contributed by atoms with van der Waals surface area (Å²) in [6, 6.07) is 17.2.